The minimum atomic E-state index is 0.596. The molecule has 0 N–H and O–H groups in total. The van der Waals surface area contributed by atoms with Gasteiger partial charge in [0.15, 0.2) is 0 Å². The van der Waals surface area contributed by atoms with E-state index >= 15 is 0 Å². The van der Waals surface area contributed by atoms with E-state index in [2.05, 4.69) is 4.99 Å². The molecule has 0 aliphatic heterocycles. The molecule has 0 heterocycles. The van der Waals surface area contributed by atoms with Crippen LogP contribution in [0.2, 0.25) is 0 Å². The first-order valence-corrected chi connectivity index (χ1v) is 3.14. The topological polar surface area (TPSA) is 12.4 Å². The Morgan fingerprint density at radius 3 is 2.56 bits per heavy atom. The number of allylic oxidation sites excluding steroid dienone is 1. The van der Waals surface area contributed by atoms with Gasteiger partial charge in [0.2, 0.25) is 0 Å². The molecule has 0 radical (unpaired) electrons. The van der Waals surface area contributed by atoms with Gasteiger partial charge < -0.3 is 0 Å². The standard InChI is InChI=1S/C7H12FN/c1-3-7(5-8)6-9-4-2/h5-6H,3-4H2,1-2H3/b7-5-,9-6?. The lowest BCUT2D eigenvalue weighted by Gasteiger charge is -1.88. The zero-order valence-corrected chi connectivity index (χ0v) is 5.89. The Bertz CT molecular complexity index is 116. The molecule has 0 unspecified atom stereocenters. The van der Waals surface area contributed by atoms with Crippen molar-refractivity contribution in [3.63, 3.8) is 0 Å². The summed E-state index contributed by atoms with van der Waals surface area (Å²) in [5.41, 5.74) is 0.650. The van der Waals surface area contributed by atoms with Crippen LogP contribution in [0.5, 0.6) is 0 Å². The summed E-state index contributed by atoms with van der Waals surface area (Å²) in [5.74, 6) is 0. The number of halogens is 1. The highest BCUT2D eigenvalue weighted by atomic mass is 19.1. The van der Waals surface area contributed by atoms with Crippen LogP contribution < -0.4 is 0 Å². The summed E-state index contributed by atoms with van der Waals surface area (Å²) < 4.78 is 11.7. The summed E-state index contributed by atoms with van der Waals surface area (Å²) in [7, 11) is 0. The molecule has 0 aliphatic rings. The van der Waals surface area contributed by atoms with Crippen LogP contribution in [0.1, 0.15) is 20.3 Å². The van der Waals surface area contributed by atoms with Gasteiger partial charge in [-0.3, -0.25) is 4.99 Å². The second-order valence-electron chi connectivity index (χ2n) is 1.67. The second kappa shape index (κ2) is 5.48. The predicted octanol–water partition coefficient (Wildman–Crippen LogP) is 2.34. The van der Waals surface area contributed by atoms with E-state index in [1.807, 2.05) is 13.8 Å². The molecule has 0 aromatic rings. The van der Waals surface area contributed by atoms with Crippen molar-refractivity contribution in [2.24, 2.45) is 4.99 Å². The molecule has 0 saturated carbocycles. The Hall–Kier alpha value is -0.660. The zero-order valence-electron chi connectivity index (χ0n) is 5.89. The molecule has 2 heteroatoms. The normalized spacial score (nSPS) is 13.0. The maximum absolute atomic E-state index is 11.7. The van der Waals surface area contributed by atoms with Gasteiger partial charge in [-0.2, -0.15) is 0 Å². The third kappa shape index (κ3) is 3.88. The average molecular weight is 129 g/mol. The van der Waals surface area contributed by atoms with E-state index in [-0.39, 0.29) is 0 Å². The van der Waals surface area contributed by atoms with E-state index in [1.54, 1.807) is 6.21 Å². The number of nitrogens with zero attached hydrogens (tertiary/aromatic N) is 1. The molecule has 0 saturated heterocycles. The first-order valence-electron chi connectivity index (χ1n) is 3.14. The molecule has 0 bridgehead atoms. The molecule has 0 aromatic heterocycles. The first-order chi connectivity index (χ1) is 4.35. The van der Waals surface area contributed by atoms with Crippen molar-refractivity contribution in [2.45, 2.75) is 20.3 Å². The van der Waals surface area contributed by atoms with Crippen molar-refractivity contribution >= 4 is 6.21 Å². The molecule has 52 valence electrons. The zero-order chi connectivity index (χ0) is 7.11. The highest BCUT2D eigenvalue weighted by molar-refractivity contribution is 5.77. The summed E-state index contributed by atoms with van der Waals surface area (Å²) in [6, 6.07) is 0. The third-order valence-corrected chi connectivity index (χ3v) is 0.988. The lowest BCUT2D eigenvalue weighted by atomic mass is 10.2. The number of hydrogen-bond acceptors (Lipinski definition) is 1. The Balaban J connectivity index is 3.70. The Morgan fingerprint density at radius 2 is 2.22 bits per heavy atom. The van der Waals surface area contributed by atoms with Crippen molar-refractivity contribution < 1.29 is 4.39 Å². The van der Waals surface area contributed by atoms with Crippen molar-refractivity contribution in [3.8, 4) is 0 Å². The molecular weight excluding hydrogens is 117 g/mol. The minimum absolute atomic E-state index is 0.596. The van der Waals surface area contributed by atoms with Crippen LogP contribution >= 0.6 is 0 Å². The van der Waals surface area contributed by atoms with Crippen LogP contribution in [0.25, 0.3) is 0 Å². The fourth-order valence-electron chi connectivity index (χ4n) is 0.405. The Morgan fingerprint density at radius 1 is 1.56 bits per heavy atom. The first kappa shape index (κ1) is 8.34. The Labute approximate surface area is 55.3 Å². The molecule has 0 fully saturated rings. The lowest BCUT2D eigenvalue weighted by molar-refractivity contribution is 0.710. The fourth-order valence-corrected chi connectivity index (χ4v) is 0.405. The van der Waals surface area contributed by atoms with Crippen LogP contribution in [0.15, 0.2) is 16.9 Å². The van der Waals surface area contributed by atoms with Gasteiger partial charge in [0.1, 0.15) is 0 Å². The SMILES string of the molecule is CCN=C/C(=C\F)CC. The van der Waals surface area contributed by atoms with Crippen LogP contribution in [0.3, 0.4) is 0 Å². The van der Waals surface area contributed by atoms with Crippen molar-refractivity contribution in [1.29, 1.82) is 0 Å². The van der Waals surface area contributed by atoms with E-state index in [9.17, 15) is 4.39 Å². The summed E-state index contributed by atoms with van der Waals surface area (Å²) in [4.78, 5) is 3.88. The highest BCUT2D eigenvalue weighted by Crippen LogP contribution is 1.95. The molecule has 0 rings (SSSR count). The van der Waals surface area contributed by atoms with Crippen molar-refractivity contribution in [1.82, 2.24) is 0 Å². The van der Waals surface area contributed by atoms with Crippen LogP contribution in [0, 0.1) is 0 Å². The molecule has 9 heavy (non-hydrogen) atoms. The summed E-state index contributed by atoms with van der Waals surface area (Å²) in [6.07, 6.45) is 2.87. The van der Waals surface area contributed by atoms with E-state index in [0.717, 1.165) is 6.54 Å². The minimum Gasteiger partial charge on any atom is -0.293 e. The summed E-state index contributed by atoms with van der Waals surface area (Å²) in [5, 5.41) is 0. The van der Waals surface area contributed by atoms with Crippen LogP contribution in [-0.2, 0) is 0 Å². The van der Waals surface area contributed by atoms with Gasteiger partial charge in [-0.25, -0.2) is 4.39 Å². The lowest BCUT2D eigenvalue weighted by Crippen LogP contribution is -1.81. The fraction of sp³-hybridized carbons (Fsp3) is 0.571. The highest BCUT2D eigenvalue weighted by Gasteiger charge is 1.84. The van der Waals surface area contributed by atoms with Gasteiger partial charge >= 0.3 is 0 Å². The molecule has 0 aliphatic carbocycles. The molecular formula is C7H12FN. The maximum Gasteiger partial charge on any atom is 0.0913 e. The molecule has 0 spiro atoms. The third-order valence-electron chi connectivity index (χ3n) is 0.988. The van der Waals surface area contributed by atoms with Crippen molar-refractivity contribution in [2.75, 3.05) is 6.54 Å². The molecule has 1 nitrogen and oxygen atoms in total. The quantitative estimate of drug-likeness (QED) is 0.518. The van der Waals surface area contributed by atoms with E-state index < -0.39 is 0 Å². The van der Waals surface area contributed by atoms with E-state index in [1.165, 1.54) is 0 Å². The van der Waals surface area contributed by atoms with Gasteiger partial charge in [0, 0.05) is 12.8 Å². The smallest absolute Gasteiger partial charge is 0.0913 e. The Kier molecular flexibility index (Phi) is 5.07. The second-order valence-corrected chi connectivity index (χ2v) is 1.67. The van der Waals surface area contributed by atoms with E-state index in [4.69, 9.17) is 0 Å². The van der Waals surface area contributed by atoms with Gasteiger partial charge in [0.25, 0.3) is 0 Å². The van der Waals surface area contributed by atoms with Crippen LogP contribution in [-0.4, -0.2) is 12.8 Å². The summed E-state index contributed by atoms with van der Waals surface area (Å²) in [6.45, 7) is 4.53. The largest absolute Gasteiger partial charge is 0.293 e. The maximum atomic E-state index is 11.7. The predicted molar refractivity (Wildman–Crippen MR) is 38.5 cm³/mol. The number of aliphatic imine (C=N–C) groups is 1. The molecule has 0 aromatic carbocycles. The number of rotatable bonds is 3. The molecule has 0 atom stereocenters. The van der Waals surface area contributed by atoms with Crippen LogP contribution in [0.4, 0.5) is 4.39 Å². The van der Waals surface area contributed by atoms with Gasteiger partial charge in [-0.1, -0.05) is 6.92 Å². The molecule has 0 amide bonds. The van der Waals surface area contributed by atoms with Crippen molar-refractivity contribution in [3.05, 3.63) is 11.9 Å². The van der Waals surface area contributed by atoms with Gasteiger partial charge in [-0.05, 0) is 18.9 Å². The van der Waals surface area contributed by atoms with Gasteiger partial charge in [-0.15, -0.1) is 0 Å². The summed E-state index contributed by atoms with van der Waals surface area (Å²) >= 11 is 0. The van der Waals surface area contributed by atoms with Gasteiger partial charge in [0.05, 0.1) is 6.33 Å². The average Bonchev–Trinajstić information content (AvgIpc) is 1.91. The van der Waals surface area contributed by atoms with E-state index in [0.29, 0.717) is 18.3 Å². The number of hydrogen-bond donors (Lipinski definition) is 0. The monoisotopic (exact) mass is 129 g/mol.